The van der Waals surface area contributed by atoms with Gasteiger partial charge in [0.1, 0.15) is 0 Å². The molecule has 6 atom stereocenters. The van der Waals surface area contributed by atoms with Crippen molar-refractivity contribution in [3.05, 3.63) is 69.8 Å². The van der Waals surface area contributed by atoms with E-state index in [-0.39, 0.29) is 23.8 Å². The third kappa shape index (κ3) is 2.09. The van der Waals surface area contributed by atoms with E-state index in [0.29, 0.717) is 11.8 Å². The predicted molar refractivity (Wildman–Crippen MR) is 107 cm³/mol. The van der Waals surface area contributed by atoms with Crippen LogP contribution in [0.4, 0.5) is 0 Å². The van der Waals surface area contributed by atoms with E-state index in [1.165, 1.54) is 55.7 Å². The topological polar surface area (TPSA) is 52.6 Å². The summed E-state index contributed by atoms with van der Waals surface area (Å²) in [5.41, 5.74) is 7.70. The minimum Gasteiger partial charge on any atom is -0.469 e. The van der Waals surface area contributed by atoms with Gasteiger partial charge in [0.05, 0.1) is 26.1 Å². The highest BCUT2D eigenvalue weighted by Gasteiger charge is 2.57. The molecule has 0 N–H and O–H groups in total. The Morgan fingerprint density at radius 1 is 0.724 bits per heavy atom. The lowest BCUT2D eigenvalue weighted by Gasteiger charge is -2.48. The fraction of sp³-hybridized carbons (Fsp3) is 0.440. The van der Waals surface area contributed by atoms with E-state index in [4.69, 9.17) is 9.47 Å². The minimum atomic E-state index is -0.545. The van der Waals surface area contributed by atoms with Gasteiger partial charge in [-0.25, -0.2) is 0 Å². The molecule has 2 aromatic rings. The first-order valence-electron chi connectivity index (χ1n) is 10.6. The van der Waals surface area contributed by atoms with E-state index >= 15 is 0 Å². The number of hydrogen-bond donors (Lipinski definition) is 0. The van der Waals surface area contributed by atoms with Crippen molar-refractivity contribution in [1.82, 2.24) is 0 Å². The summed E-state index contributed by atoms with van der Waals surface area (Å²) in [7, 11) is 2.82. The molecule has 0 aromatic heterocycles. The van der Waals surface area contributed by atoms with Crippen molar-refractivity contribution >= 4 is 11.9 Å². The van der Waals surface area contributed by atoms with Gasteiger partial charge in [-0.2, -0.15) is 0 Å². The fourth-order valence-electron chi connectivity index (χ4n) is 6.90. The zero-order valence-electron chi connectivity index (χ0n) is 16.7. The molecule has 148 valence electrons. The van der Waals surface area contributed by atoms with Gasteiger partial charge in [0.15, 0.2) is 0 Å². The third-order valence-corrected chi connectivity index (χ3v) is 7.99. The second-order valence-corrected chi connectivity index (χ2v) is 9.00. The molecule has 0 spiro atoms. The van der Waals surface area contributed by atoms with Crippen molar-refractivity contribution < 1.29 is 19.1 Å². The predicted octanol–water partition coefficient (Wildman–Crippen LogP) is 4.22. The van der Waals surface area contributed by atoms with Gasteiger partial charge in [0.2, 0.25) is 0 Å². The summed E-state index contributed by atoms with van der Waals surface area (Å²) in [5.74, 6) is -0.740. The second kappa shape index (κ2) is 5.94. The Morgan fingerprint density at radius 2 is 1.17 bits per heavy atom. The van der Waals surface area contributed by atoms with E-state index in [0.717, 1.165) is 11.1 Å². The van der Waals surface area contributed by atoms with Gasteiger partial charge in [0.25, 0.3) is 0 Å². The molecule has 0 unspecified atom stereocenters. The summed E-state index contributed by atoms with van der Waals surface area (Å²) < 4.78 is 10.4. The van der Waals surface area contributed by atoms with Crippen LogP contribution in [0.1, 0.15) is 76.3 Å². The van der Waals surface area contributed by atoms with Crippen LogP contribution in [0.5, 0.6) is 0 Å². The standard InChI is InChI=1S/C25H24O4/c1-28-24(26)22-20-14-5-3-4-6-15(14)21(23(22)25(27)29-2)19-11-17-13-8-7-12(9-13)16(17)10-18(19)20/h3-6,10-13,20-23H,7-9H2,1-2H3/t12-,13-,20-,21-,22-,23-/m0/s1. The van der Waals surface area contributed by atoms with Gasteiger partial charge in [-0.15, -0.1) is 0 Å². The van der Waals surface area contributed by atoms with Crippen LogP contribution in [0.15, 0.2) is 36.4 Å². The van der Waals surface area contributed by atoms with E-state index in [1.807, 2.05) is 12.1 Å². The van der Waals surface area contributed by atoms with Gasteiger partial charge in [0, 0.05) is 11.8 Å². The van der Waals surface area contributed by atoms with E-state index in [2.05, 4.69) is 24.3 Å². The molecule has 0 heterocycles. The van der Waals surface area contributed by atoms with Crippen LogP contribution >= 0.6 is 0 Å². The monoisotopic (exact) mass is 388 g/mol. The Balaban J connectivity index is 1.63. The molecule has 1 fully saturated rings. The van der Waals surface area contributed by atoms with Gasteiger partial charge >= 0.3 is 11.9 Å². The molecule has 5 aliphatic carbocycles. The maximum atomic E-state index is 12.9. The molecule has 5 aliphatic rings. The van der Waals surface area contributed by atoms with Gasteiger partial charge in [-0.1, -0.05) is 36.4 Å². The second-order valence-electron chi connectivity index (χ2n) is 9.00. The quantitative estimate of drug-likeness (QED) is 0.723. The lowest BCUT2D eigenvalue weighted by molar-refractivity contribution is -0.160. The Kier molecular flexibility index (Phi) is 3.54. The summed E-state index contributed by atoms with van der Waals surface area (Å²) in [6, 6.07) is 13.0. The lowest BCUT2D eigenvalue weighted by Crippen LogP contribution is -2.47. The molecule has 4 heteroatoms. The molecule has 4 nitrogen and oxygen atoms in total. The normalized spacial score (nSPS) is 32.3. The molecule has 7 rings (SSSR count). The average molecular weight is 388 g/mol. The highest BCUT2D eigenvalue weighted by atomic mass is 16.5. The van der Waals surface area contributed by atoms with Crippen molar-refractivity contribution in [2.75, 3.05) is 14.2 Å². The molecule has 0 saturated heterocycles. The molecule has 0 radical (unpaired) electrons. The Labute approximate surface area is 170 Å². The molecule has 29 heavy (non-hydrogen) atoms. The first kappa shape index (κ1) is 17.3. The molecular formula is C25H24O4. The van der Waals surface area contributed by atoms with Crippen LogP contribution < -0.4 is 0 Å². The number of carbonyl (C=O) groups is 2. The molecule has 4 bridgehead atoms. The number of esters is 2. The number of carbonyl (C=O) groups excluding carboxylic acids is 2. The van der Waals surface area contributed by atoms with E-state index < -0.39 is 11.8 Å². The highest BCUT2D eigenvalue weighted by Crippen LogP contribution is 2.62. The number of ether oxygens (including phenoxy) is 2. The fourth-order valence-corrected chi connectivity index (χ4v) is 6.90. The summed E-state index contributed by atoms with van der Waals surface area (Å²) in [6.45, 7) is 0. The van der Waals surface area contributed by atoms with Gasteiger partial charge < -0.3 is 9.47 Å². The van der Waals surface area contributed by atoms with Crippen molar-refractivity contribution in [3.8, 4) is 0 Å². The van der Waals surface area contributed by atoms with Crippen LogP contribution in [-0.2, 0) is 19.1 Å². The van der Waals surface area contributed by atoms with Crippen LogP contribution in [0.2, 0.25) is 0 Å². The number of benzene rings is 2. The summed E-state index contributed by atoms with van der Waals surface area (Å²) in [6.07, 6.45) is 3.79. The SMILES string of the molecule is COC(=O)[C@H]1[C@H]2c3ccccc3[C@@H](c3cc4c(cc32)[C@H]2CC[C@H]4C2)[C@@H]1C(=O)OC. The molecule has 1 saturated carbocycles. The smallest absolute Gasteiger partial charge is 0.310 e. The molecule has 0 aliphatic heterocycles. The Morgan fingerprint density at radius 3 is 1.59 bits per heavy atom. The summed E-state index contributed by atoms with van der Waals surface area (Å²) in [5, 5.41) is 0. The third-order valence-electron chi connectivity index (χ3n) is 7.99. The zero-order valence-corrected chi connectivity index (χ0v) is 16.7. The van der Waals surface area contributed by atoms with Gasteiger partial charge in [-0.3, -0.25) is 9.59 Å². The molecule has 0 amide bonds. The van der Waals surface area contributed by atoms with Crippen molar-refractivity contribution in [2.24, 2.45) is 11.8 Å². The number of rotatable bonds is 2. The van der Waals surface area contributed by atoms with Gasteiger partial charge in [-0.05, 0) is 64.5 Å². The zero-order chi connectivity index (χ0) is 19.9. The highest BCUT2D eigenvalue weighted by molar-refractivity contribution is 5.88. The first-order valence-corrected chi connectivity index (χ1v) is 10.6. The summed E-state index contributed by atoms with van der Waals surface area (Å²) in [4.78, 5) is 25.9. The van der Waals surface area contributed by atoms with Crippen molar-refractivity contribution in [2.45, 2.75) is 42.9 Å². The maximum absolute atomic E-state index is 12.9. The Bertz CT molecular complexity index is 973. The van der Waals surface area contributed by atoms with Crippen molar-refractivity contribution in [3.63, 3.8) is 0 Å². The van der Waals surface area contributed by atoms with E-state index in [9.17, 15) is 9.59 Å². The van der Waals surface area contributed by atoms with Crippen LogP contribution in [0.25, 0.3) is 0 Å². The lowest BCUT2D eigenvalue weighted by atomic mass is 9.53. The largest absolute Gasteiger partial charge is 0.469 e. The number of fused-ring (bicyclic) bond motifs is 6. The number of methoxy groups -OCH3 is 2. The number of hydrogen-bond acceptors (Lipinski definition) is 4. The van der Waals surface area contributed by atoms with Crippen LogP contribution in [0, 0.1) is 11.8 Å². The Hall–Kier alpha value is -2.62. The molecule has 2 aromatic carbocycles. The van der Waals surface area contributed by atoms with Crippen LogP contribution in [-0.4, -0.2) is 26.2 Å². The minimum absolute atomic E-state index is 0.160. The summed E-state index contributed by atoms with van der Waals surface area (Å²) >= 11 is 0. The first-order chi connectivity index (χ1) is 14.1. The molecular weight excluding hydrogens is 364 g/mol. The van der Waals surface area contributed by atoms with Crippen molar-refractivity contribution in [1.29, 1.82) is 0 Å². The van der Waals surface area contributed by atoms with Crippen LogP contribution in [0.3, 0.4) is 0 Å². The van der Waals surface area contributed by atoms with E-state index in [1.54, 1.807) is 0 Å². The average Bonchev–Trinajstić information content (AvgIpc) is 3.38. The maximum Gasteiger partial charge on any atom is 0.310 e.